The van der Waals surface area contributed by atoms with Crippen molar-refractivity contribution < 1.29 is 4.42 Å². The van der Waals surface area contributed by atoms with Gasteiger partial charge in [0.2, 0.25) is 0 Å². The highest BCUT2D eigenvalue weighted by atomic mass is 16.3. The molecule has 0 unspecified atom stereocenters. The Morgan fingerprint density at radius 1 is 1.28 bits per heavy atom. The van der Waals surface area contributed by atoms with Gasteiger partial charge in [0.15, 0.2) is 0 Å². The molecule has 3 aromatic rings. The van der Waals surface area contributed by atoms with Gasteiger partial charge in [-0.25, -0.2) is 4.98 Å². The van der Waals surface area contributed by atoms with Crippen LogP contribution in [0.15, 0.2) is 58.1 Å². The Bertz CT molecular complexity index is 716. The van der Waals surface area contributed by atoms with E-state index in [0.717, 1.165) is 5.76 Å². The molecule has 0 bridgehead atoms. The number of furan rings is 1. The minimum Gasteiger partial charge on any atom is -0.467 e. The molecule has 1 N–H and O–H groups in total. The third-order valence-electron chi connectivity index (χ3n) is 2.59. The van der Waals surface area contributed by atoms with Gasteiger partial charge < -0.3 is 9.73 Å². The van der Waals surface area contributed by atoms with Gasteiger partial charge in [-0.1, -0.05) is 6.07 Å². The number of hydrogen-bond donors (Lipinski definition) is 1. The van der Waals surface area contributed by atoms with Crippen LogP contribution in [-0.2, 0) is 6.54 Å². The van der Waals surface area contributed by atoms with Crippen molar-refractivity contribution in [2.45, 2.75) is 6.54 Å². The molecule has 0 aromatic carbocycles. The lowest BCUT2D eigenvalue weighted by atomic mass is 10.4. The summed E-state index contributed by atoms with van der Waals surface area (Å²) >= 11 is 0. The number of hydrogen-bond acceptors (Lipinski definition) is 4. The lowest BCUT2D eigenvalue weighted by Gasteiger charge is -2.05. The van der Waals surface area contributed by atoms with E-state index < -0.39 is 0 Å². The fourth-order valence-electron chi connectivity index (χ4n) is 1.74. The monoisotopic (exact) mass is 241 g/mol. The fraction of sp³-hybridized carbons (Fsp3) is 0.0769. The van der Waals surface area contributed by atoms with Gasteiger partial charge in [-0.2, -0.15) is 0 Å². The third kappa shape index (κ3) is 1.98. The molecule has 5 nitrogen and oxygen atoms in total. The van der Waals surface area contributed by atoms with Crippen LogP contribution in [0.4, 0.5) is 5.82 Å². The highest BCUT2D eigenvalue weighted by Gasteiger charge is 2.02. The standard InChI is InChI=1S/C13H11N3O2/c17-13-8-11(14-9-10-4-3-7-18-10)15-12-5-1-2-6-16(12)13/h1-8,14H,9H2. The van der Waals surface area contributed by atoms with Crippen molar-refractivity contribution >= 4 is 11.5 Å². The summed E-state index contributed by atoms with van der Waals surface area (Å²) in [4.78, 5) is 16.2. The van der Waals surface area contributed by atoms with Crippen LogP contribution < -0.4 is 10.9 Å². The Hall–Kier alpha value is -2.56. The van der Waals surface area contributed by atoms with E-state index in [2.05, 4.69) is 10.3 Å². The third-order valence-corrected chi connectivity index (χ3v) is 2.59. The van der Waals surface area contributed by atoms with E-state index in [-0.39, 0.29) is 5.56 Å². The average molecular weight is 241 g/mol. The molecule has 0 amide bonds. The SMILES string of the molecule is O=c1cc(NCc2ccco2)nc2ccccn12. The zero-order valence-electron chi connectivity index (χ0n) is 9.54. The lowest BCUT2D eigenvalue weighted by molar-refractivity contribution is 0.518. The van der Waals surface area contributed by atoms with Crippen molar-refractivity contribution in [3.8, 4) is 0 Å². The Labute approximate surface area is 103 Å². The normalized spacial score (nSPS) is 10.7. The predicted octanol–water partition coefficient (Wildman–Crippen LogP) is 1.90. The van der Waals surface area contributed by atoms with Gasteiger partial charge in [0.05, 0.1) is 12.8 Å². The number of nitrogens with one attached hydrogen (secondary N) is 1. The second kappa shape index (κ2) is 4.37. The topological polar surface area (TPSA) is 59.5 Å². The van der Waals surface area contributed by atoms with Gasteiger partial charge in [0, 0.05) is 12.3 Å². The molecule has 18 heavy (non-hydrogen) atoms. The first-order valence-electron chi connectivity index (χ1n) is 5.58. The van der Waals surface area contributed by atoms with E-state index in [0.29, 0.717) is 18.0 Å². The van der Waals surface area contributed by atoms with E-state index in [9.17, 15) is 4.79 Å². The van der Waals surface area contributed by atoms with E-state index in [1.54, 1.807) is 24.6 Å². The van der Waals surface area contributed by atoms with Crippen LogP contribution in [0.5, 0.6) is 0 Å². The lowest BCUT2D eigenvalue weighted by Crippen LogP contribution is -2.15. The van der Waals surface area contributed by atoms with Crippen molar-refractivity contribution in [2.75, 3.05) is 5.32 Å². The van der Waals surface area contributed by atoms with E-state index >= 15 is 0 Å². The average Bonchev–Trinajstić information content (AvgIpc) is 2.90. The second-order valence-corrected chi connectivity index (χ2v) is 3.84. The molecule has 0 saturated heterocycles. The van der Waals surface area contributed by atoms with E-state index in [4.69, 9.17) is 4.42 Å². The molecule has 0 aliphatic rings. The Balaban J connectivity index is 1.91. The van der Waals surface area contributed by atoms with Crippen molar-refractivity contribution in [3.05, 3.63) is 65.0 Å². The van der Waals surface area contributed by atoms with E-state index in [1.807, 2.05) is 18.2 Å². The van der Waals surface area contributed by atoms with Crippen LogP contribution in [-0.4, -0.2) is 9.38 Å². The quantitative estimate of drug-likeness (QED) is 0.760. The van der Waals surface area contributed by atoms with Gasteiger partial charge in [0.25, 0.3) is 5.56 Å². The highest BCUT2D eigenvalue weighted by Crippen LogP contribution is 2.06. The zero-order valence-corrected chi connectivity index (χ0v) is 9.54. The van der Waals surface area contributed by atoms with Gasteiger partial charge in [-0.15, -0.1) is 0 Å². The van der Waals surface area contributed by atoms with Gasteiger partial charge in [0.1, 0.15) is 17.2 Å². The molecule has 5 heteroatoms. The maximum atomic E-state index is 11.8. The summed E-state index contributed by atoms with van der Waals surface area (Å²) in [7, 11) is 0. The first kappa shape index (κ1) is 10.6. The molecule has 3 heterocycles. The number of aromatic nitrogens is 2. The zero-order chi connectivity index (χ0) is 12.4. The van der Waals surface area contributed by atoms with Crippen molar-refractivity contribution in [1.82, 2.24) is 9.38 Å². The molecule has 0 atom stereocenters. The summed E-state index contributed by atoms with van der Waals surface area (Å²) in [5.74, 6) is 1.34. The summed E-state index contributed by atoms with van der Waals surface area (Å²) in [6.07, 6.45) is 3.31. The molecule has 0 fully saturated rings. The van der Waals surface area contributed by atoms with Crippen molar-refractivity contribution in [2.24, 2.45) is 0 Å². The van der Waals surface area contributed by atoms with Crippen molar-refractivity contribution in [3.63, 3.8) is 0 Å². The summed E-state index contributed by atoms with van der Waals surface area (Å²) < 4.78 is 6.70. The molecule has 0 aliphatic carbocycles. The molecule has 3 rings (SSSR count). The molecule has 0 saturated carbocycles. The number of anilines is 1. The largest absolute Gasteiger partial charge is 0.467 e. The fourth-order valence-corrected chi connectivity index (χ4v) is 1.74. The molecule has 0 spiro atoms. The first-order chi connectivity index (χ1) is 8.83. The van der Waals surface area contributed by atoms with Gasteiger partial charge >= 0.3 is 0 Å². The molecular weight excluding hydrogens is 230 g/mol. The molecular formula is C13H11N3O2. The van der Waals surface area contributed by atoms with E-state index in [1.165, 1.54) is 10.5 Å². The molecule has 3 aromatic heterocycles. The van der Waals surface area contributed by atoms with Gasteiger partial charge in [-0.3, -0.25) is 9.20 Å². The van der Waals surface area contributed by atoms with Crippen LogP contribution in [0, 0.1) is 0 Å². The summed E-state index contributed by atoms with van der Waals surface area (Å²) in [6, 6.07) is 10.6. The maximum absolute atomic E-state index is 11.8. The maximum Gasteiger partial charge on any atom is 0.259 e. The van der Waals surface area contributed by atoms with Crippen molar-refractivity contribution in [1.29, 1.82) is 0 Å². The summed E-state index contributed by atoms with van der Waals surface area (Å²) in [5, 5.41) is 3.06. The Morgan fingerprint density at radius 3 is 3.06 bits per heavy atom. The molecule has 90 valence electrons. The number of pyridine rings is 1. The smallest absolute Gasteiger partial charge is 0.259 e. The minimum atomic E-state index is -0.109. The highest BCUT2D eigenvalue weighted by molar-refractivity contribution is 5.46. The van der Waals surface area contributed by atoms with Crippen LogP contribution >= 0.6 is 0 Å². The summed E-state index contributed by atoms with van der Waals surface area (Å²) in [5.41, 5.74) is 0.509. The minimum absolute atomic E-state index is 0.109. The second-order valence-electron chi connectivity index (χ2n) is 3.84. The summed E-state index contributed by atoms with van der Waals surface area (Å²) in [6.45, 7) is 0.502. The van der Waals surface area contributed by atoms with Gasteiger partial charge in [-0.05, 0) is 24.3 Å². The molecule has 0 aliphatic heterocycles. The number of fused-ring (bicyclic) bond motifs is 1. The van der Waals surface area contributed by atoms with Crippen LogP contribution in [0.25, 0.3) is 5.65 Å². The number of nitrogens with zero attached hydrogens (tertiary/aromatic N) is 2. The molecule has 0 radical (unpaired) electrons. The Kier molecular flexibility index (Phi) is 2.57. The van der Waals surface area contributed by atoms with Crippen LogP contribution in [0.1, 0.15) is 5.76 Å². The van der Waals surface area contributed by atoms with Crippen LogP contribution in [0.3, 0.4) is 0 Å². The Morgan fingerprint density at radius 2 is 2.22 bits per heavy atom. The first-order valence-corrected chi connectivity index (χ1v) is 5.58. The predicted molar refractivity (Wildman–Crippen MR) is 67.5 cm³/mol. The van der Waals surface area contributed by atoms with Crippen LogP contribution in [0.2, 0.25) is 0 Å². The number of rotatable bonds is 3.